The van der Waals surface area contributed by atoms with Crippen LogP contribution in [0.2, 0.25) is 0 Å². The van der Waals surface area contributed by atoms with E-state index in [9.17, 15) is 4.79 Å². The minimum absolute atomic E-state index is 0.492. The summed E-state index contributed by atoms with van der Waals surface area (Å²) in [6.07, 6.45) is 5.35. The summed E-state index contributed by atoms with van der Waals surface area (Å²) in [4.78, 5) is 13.7. The Kier molecular flexibility index (Phi) is 2.18. The van der Waals surface area contributed by atoms with Crippen LogP contribution < -0.4 is 0 Å². The molecule has 2 unspecified atom stereocenters. The van der Waals surface area contributed by atoms with Crippen molar-refractivity contribution >= 4 is 5.78 Å². The Morgan fingerprint density at radius 2 is 2.25 bits per heavy atom. The summed E-state index contributed by atoms with van der Waals surface area (Å²) >= 11 is 0. The van der Waals surface area contributed by atoms with Crippen molar-refractivity contribution in [2.45, 2.75) is 38.1 Å². The molecular formula is C10H17NO. The molecule has 2 heteroatoms. The van der Waals surface area contributed by atoms with Gasteiger partial charge >= 0.3 is 0 Å². The van der Waals surface area contributed by atoms with Crippen LogP contribution >= 0.6 is 0 Å². The zero-order chi connectivity index (χ0) is 8.55. The molecule has 0 N–H and O–H groups in total. The van der Waals surface area contributed by atoms with Crippen LogP contribution in [0.3, 0.4) is 0 Å². The van der Waals surface area contributed by atoms with Crippen molar-refractivity contribution < 1.29 is 4.79 Å². The van der Waals surface area contributed by atoms with Crippen LogP contribution in [0, 0.1) is 5.92 Å². The fourth-order valence-electron chi connectivity index (χ4n) is 2.72. The van der Waals surface area contributed by atoms with Crippen LogP contribution in [-0.4, -0.2) is 30.3 Å². The van der Waals surface area contributed by atoms with E-state index in [4.69, 9.17) is 0 Å². The first-order valence-corrected chi connectivity index (χ1v) is 4.99. The maximum absolute atomic E-state index is 11.2. The van der Waals surface area contributed by atoms with Gasteiger partial charge in [-0.05, 0) is 38.8 Å². The van der Waals surface area contributed by atoms with E-state index < -0.39 is 0 Å². The Labute approximate surface area is 73.9 Å². The van der Waals surface area contributed by atoms with Crippen molar-refractivity contribution in [2.75, 3.05) is 13.6 Å². The number of likely N-dealkylation sites (tertiary alicyclic amines) is 1. The second kappa shape index (κ2) is 3.17. The summed E-state index contributed by atoms with van der Waals surface area (Å²) in [5.41, 5.74) is 0. The first kappa shape index (κ1) is 8.24. The molecule has 2 atom stereocenters. The Morgan fingerprint density at radius 1 is 1.42 bits per heavy atom. The number of Topliss-reactive ketones (excluding diaryl/α,β-unsaturated/α-hetero) is 1. The number of piperidine rings is 1. The van der Waals surface area contributed by atoms with E-state index in [1.807, 2.05) is 0 Å². The molecule has 2 aliphatic rings. The lowest BCUT2D eigenvalue weighted by Crippen LogP contribution is -2.45. The van der Waals surface area contributed by atoms with Gasteiger partial charge in [-0.3, -0.25) is 4.79 Å². The minimum atomic E-state index is 0.492. The van der Waals surface area contributed by atoms with Crippen molar-refractivity contribution in [2.24, 2.45) is 5.92 Å². The van der Waals surface area contributed by atoms with Crippen molar-refractivity contribution in [3.05, 3.63) is 0 Å². The van der Waals surface area contributed by atoms with Crippen molar-refractivity contribution in [3.8, 4) is 0 Å². The summed E-state index contributed by atoms with van der Waals surface area (Å²) in [6.45, 7) is 1.23. The highest BCUT2D eigenvalue weighted by atomic mass is 16.1. The molecule has 2 fully saturated rings. The van der Waals surface area contributed by atoms with Gasteiger partial charge < -0.3 is 4.90 Å². The molecule has 2 rings (SSSR count). The zero-order valence-electron chi connectivity index (χ0n) is 7.75. The third kappa shape index (κ3) is 1.40. The summed E-state index contributed by atoms with van der Waals surface area (Å²) < 4.78 is 0. The number of carbonyl (C=O) groups excluding carboxylic acids is 1. The van der Waals surface area contributed by atoms with E-state index in [1.165, 1.54) is 19.4 Å². The summed E-state index contributed by atoms with van der Waals surface area (Å²) in [5, 5.41) is 0. The van der Waals surface area contributed by atoms with Crippen molar-refractivity contribution in [3.63, 3.8) is 0 Å². The van der Waals surface area contributed by atoms with E-state index in [0.717, 1.165) is 25.3 Å². The topological polar surface area (TPSA) is 20.3 Å². The average molecular weight is 167 g/mol. The van der Waals surface area contributed by atoms with Crippen LogP contribution in [0.1, 0.15) is 32.1 Å². The number of carbonyl (C=O) groups is 1. The molecule has 2 nitrogen and oxygen atoms in total. The van der Waals surface area contributed by atoms with E-state index in [-0.39, 0.29) is 0 Å². The van der Waals surface area contributed by atoms with Gasteiger partial charge in [-0.25, -0.2) is 0 Å². The summed E-state index contributed by atoms with van der Waals surface area (Å²) in [7, 11) is 2.20. The lowest BCUT2D eigenvalue weighted by molar-refractivity contribution is -0.123. The van der Waals surface area contributed by atoms with Crippen LogP contribution in [0.25, 0.3) is 0 Å². The van der Waals surface area contributed by atoms with Crippen LogP contribution in [0.5, 0.6) is 0 Å². The number of hydrogen-bond acceptors (Lipinski definition) is 2. The predicted octanol–water partition coefficient (Wildman–Crippen LogP) is 1.45. The molecular weight excluding hydrogens is 150 g/mol. The maximum atomic E-state index is 11.2. The second-order valence-electron chi connectivity index (χ2n) is 4.23. The van der Waals surface area contributed by atoms with Gasteiger partial charge in [0.1, 0.15) is 5.78 Å². The van der Waals surface area contributed by atoms with Crippen LogP contribution in [0.4, 0.5) is 0 Å². The number of nitrogens with zero attached hydrogens (tertiary/aromatic N) is 1. The molecule has 1 heterocycles. The lowest BCUT2D eigenvalue weighted by Gasteiger charge is -2.41. The molecule has 0 radical (unpaired) electrons. The maximum Gasteiger partial charge on any atom is 0.133 e. The van der Waals surface area contributed by atoms with Gasteiger partial charge in [0, 0.05) is 18.9 Å². The predicted molar refractivity (Wildman–Crippen MR) is 48.0 cm³/mol. The Balaban J connectivity index is 2.04. The van der Waals surface area contributed by atoms with Gasteiger partial charge in [0.25, 0.3) is 0 Å². The highest BCUT2D eigenvalue weighted by Crippen LogP contribution is 2.32. The van der Waals surface area contributed by atoms with E-state index in [1.54, 1.807) is 0 Å². The molecule has 0 bridgehead atoms. The van der Waals surface area contributed by atoms with E-state index in [0.29, 0.717) is 11.7 Å². The molecule has 0 aromatic heterocycles. The summed E-state index contributed by atoms with van der Waals surface area (Å²) in [5.74, 6) is 1.18. The van der Waals surface area contributed by atoms with Crippen LogP contribution in [-0.2, 0) is 4.79 Å². The third-order valence-electron chi connectivity index (χ3n) is 3.40. The van der Waals surface area contributed by atoms with E-state index in [2.05, 4.69) is 11.9 Å². The van der Waals surface area contributed by atoms with Gasteiger partial charge in [0.2, 0.25) is 0 Å². The SMILES string of the molecule is CN1CCCC2CC(=O)CCC21. The molecule has 1 saturated heterocycles. The fourth-order valence-corrected chi connectivity index (χ4v) is 2.72. The van der Waals surface area contributed by atoms with Crippen LogP contribution in [0.15, 0.2) is 0 Å². The number of ketones is 1. The number of hydrogen-bond donors (Lipinski definition) is 0. The summed E-state index contributed by atoms with van der Waals surface area (Å²) in [6, 6.07) is 0.719. The van der Waals surface area contributed by atoms with Crippen molar-refractivity contribution in [1.29, 1.82) is 0 Å². The molecule has 1 aliphatic heterocycles. The minimum Gasteiger partial charge on any atom is -0.303 e. The Hall–Kier alpha value is -0.370. The molecule has 0 amide bonds. The van der Waals surface area contributed by atoms with Crippen molar-refractivity contribution in [1.82, 2.24) is 4.90 Å². The third-order valence-corrected chi connectivity index (χ3v) is 3.40. The largest absolute Gasteiger partial charge is 0.303 e. The first-order valence-electron chi connectivity index (χ1n) is 4.99. The van der Waals surface area contributed by atoms with Gasteiger partial charge in [-0.2, -0.15) is 0 Å². The van der Waals surface area contributed by atoms with Gasteiger partial charge in [-0.15, -0.1) is 0 Å². The lowest BCUT2D eigenvalue weighted by atomic mass is 9.78. The Bertz CT molecular complexity index is 190. The quantitative estimate of drug-likeness (QED) is 0.544. The molecule has 0 spiro atoms. The zero-order valence-corrected chi connectivity index (χ0v) is 7.75. The smallest absolute Gasteiger partial charge is 0.133 e. The standard InChI is InChI=1S/C10H17NO/c1-11-6-2-3-8-7-9(12)4-5-10(8)11/h8,10H,2-7H2,1H3. The second-order valence-corrected chi connectivity index (χ2v) is 4.23. The monoisotopic (exact) mass is 167 g/mol. The Morgan fingerprint density at radius 3 is 3.08 bits per heavy atom. The first-order chi connectivity index (χ1) is 5.77. The number of fused-ring (bicyclic) bond motifs is 1. The molecule has 0 aromatic carbocycles. The molecule has 1 saturated carbocycles. The van der Waals surface area contributed by atoms with Gasteiger partial charge in [0.05, 0.1) is 0 Å². The van der Waals surface area contributed by atoms with Gasteiger partial charge in [-0.1, -0.05) is 0 Å². The van der Waals surface area contributed by atoms with E-state index >= 15 is 0 Å². The molecule has 12 heavy (non-hydrogen) atoms. The molecule has 68 valence electrons. The van der Waals surface area contributed by atoms with Gasteiger partial charge in [0.15, 0.2) is 0 Å². The highest BCUT2D eigenvalue weighted by Gasteiger charge is 2.33. The average Bonchev–Trinajstić information content (AvgIpc) is 2.04. The number of rotatable bonds is 0. The highest BCUT2D eigenvalue weighted by molar-refractivity contribution is 5.79. The molecule has 0 aromatic rings. The normalized spacial score (nSPS) is 37.9. The molecule has 1 aliphatic carbocycles. The fraction of sp³-hybridized carbons (Fsp3) is 0.900.